The van der Waals surface area contributed by atoms with E-state index in [1.165, 1.54) is 38.5 Å². The Morgan fingerprint density at radius 3 is 2.47 bits per heavy atom. The van der Waals surface area contributed by atoms with Crippen LogP contribution in [0.3, 0.4) is 0 Å². The van der Waals surface area contributed by atoms with Crippen molar-refractivity contribution in [1.29, 1.82) is 0 Å². The zero-order valence-electron chi connectivity index (χ0n) is 11.4. The monoisotopic (exact) mass is 240 g/mol. The Kier molecular flexibility index (Phi) is 4.83. The van der Waals surface area contributed by atoms with Crippen LogP contribution in [0.4, 0.5) is 0 Å². The van der Waals surface area contributed by atoms with Gasteiger partial charge >= 0.3 is 0 Å². The third-order valence-corrected chi connectivity index (χ3v) is 4.72. The molecule has 2 aliphatic rings. The maximum Gasteiger partial charge on any atom is 0.0743 e. The summed E-state index contributed by atoms with van der Waals surface area (Å²) in [7, 11) is 2.25. The summed E-state index contributed by atoms with van der Waals surface area (Å²) in [6, 6.07) is 1.15. The van der Waals surface area contributed by atoms with E-state index in [0.717, 1.165) is 25.1 Å². The van der Waals surface area contributed by atoms with E-state index in [4.69, 9.17) is 10.5 Å². The Morgan fingerprint density at radius 1 is 1.24 bits per heavy atom. The average Bonchev–Trinajstić information content (AvgIpc) is 2.84. The van der Waals surface area contributed by atoms with Crippen molar-refractivity contribution in [3.8, 4) is 0 Å². The smallest absolute Gasteiger partial charge is 0.0743 e. The van der Waals surface area contributed by atoms with E-state index in [0.29, 0.717) is 12.1 Å². The third-order valence-electron chi connectivity index (χ3n) is 4.72. The summed E-state index contributed by atoms with van der Waals surface area (Å²) in [6.45, 7) is 4.03. The molecule has 2 atom stereocenters. The molecule has 1 heterocycles. The van der Waals surface area contributed by atoms with Gasteiger partial charge in [-0.2, -0.15) is 0 Å². The molecule has 0 amide bonds. The van der Waals surface area contributed by atoms with Crippen molar-refractivity contribution in [1.82, 2.24) is 4.90 Å². The highest BCUT2D eigenvalue weighted by Gasteiger charge is 2.32. The minimum Gasteiger partial charge on any atom is -0.377 e. The fraction of sp³-hybridized carbons (Fsp3) is 1.00. The van der Waals surface area contributed by atoms with Gasteiger partial charge in [-0.25, -0.2) is 0 Å². The summed E-state index contributed by atoms with van der Waals surface area (Å²) in [5.74, 6) is 0.915. The van der Waals surface area contributed by atoms with E-state index < -0.39 is 0 Å². The second kappa shape index (κ2) is 6.17. The molecule has 2 rings (SSSR count). The standard InChI is InChI=1S/C14H28N2O/c1-11-5-7-12(8-6-11)16(2)13(10-15)14-4-3-9-17-14/h11-14H,3-10,15H2,1-2H3. The summed E-state index contributed by atoms with van der Waals surface area (Å²) in [5, 5.41) is 0. The average molecular weight is 240 g/mol. The molecule has 1 saturated heterocycles. The van der Waals surface area contributed by atoms with Crippen LogP contribution in [0.15, 0.2) is 0 Å². The van der Waals surface area contributed by atoms with Gasteiger partial charge in [0.1, 0.15) is 0 Å². The highest BCUT2D eigenvalue weighted by atomic mass is 16.5. The Balaban J connectivity index is 1.89. The lowest BCUT2D eigenvalue weighted by molar-refractivity contribution is 0.0115. The van der Waals surface area contributed by atoms with Crippen LogP contribution in [-0.2, 0) is 4.74 Å². The van der Waals surface area contributed by atoms with Crippen LogP contribution in [-0.4, -0.2) is 43.3 Å². The van der Waals surface area contributed by atoms with E-state index in [1.54, 1.807) is 0 Å². The molecule has 2 N–H and O–H groups in total. The number of nitrogens with two attached hydrogens (primary N) is 1. The lowest BCUT2D eigenvalue weighted by Gasteiger charge is -2.40. The fourth-order valence-corrected chi connectivity index (χ4v) is 3.41. The second-order valence-electron chi connectivity index (χ2n) is 5.93. The molecule has 2 unspecified atom stereocenters. The molecular formula is C14H28N2O. The Bertz CT molecular complexity index is 220. The van der Waals surface area contributed by atoms with Crippen LogP contribution >= 0.6 is 0 Å². The SMILES string of the molecule is CC1CCC(N(C)C(CN)C2CCCO2)CC1. The minimum atomic E-state index is 0.379. The van der Waals surface area contributed by atoms with Gasteiger partial charge in [-0.1, -0.05) is 6.92 Å². The van der Waals surface area contributed by atoms with Crippen molar-refractivity contribution >= 4 is 0 Å². The van der Waals surface area contributed by atoms with Crippen LogP contribution in [0.1, 0.15) is 45.4 Å². The Hall–Kier alpha value is -0.120. The van der Waals surface area contributed by atoms with Crippen molar-refractivity contribution in [2.24, 2.45) is 11.7 Å². The van der Waals surface area contributed by atoms with Gasteiger partial charge in [-0.3, -0.25) is 4.90 Å². The van der Waals surface area contributed by atoms with Crippen LogP contribution < -0.4 is 5.73 Å². The molecule has 2 fully saturated rings. The van der Waals surface area contributed by atoms with E-state index in [1.807, 2.05) is 0 Å². The van der Waals surface area contributed by atoms with Crippen LogP contribution in [0.5, 0.6) is 0 Å². The molecule has 0 aromatic carbocycles. The number of hydrogen-bond donors (Lipinski definition) is 1. The van der Waals surface area contributed by atoms with Gasteiger partial charge < -0.3 is 10.5 Å². The summed E-state index contributed by atoms with van der Waals surface area (Å²) in [6.07, 6.45) is 8.19. The van der Waals surface area contributed by atoms with Crippen molar-refractivity contribution in [3.63, 3.8) is 0 Å². The Labute approximate surface area is 106 Å². The molecule has 17 heavy (non-hydrogen) atoms. The van der Waals surface area contributed by atoms with Gasteiger partial charge in [-0.15, -0.1) is 0 Å². The van der Waals surface area contributed by atoms with Gasteiger partial charge in [-0.05, 0) is 51.5 Å². The van der Waals surface area contributed by atoms with Crippen LogP contribution in [0.25, 0.3) is 0 Å². The Morgan fingerprint density at radius 2 is 1.94 bits per heavy atom. The first-order valence-electron chi connectivity index (χ1n) is 7.26. The van der Waals surface area contributed by atoms with Crippen LogP contribution in [0, 0.1) is 5.92 Å². The predicted octanol–water partition coefficient (Wildman–Crippen LogP) is 2.00. The summed E-state index contributed by atoms with van der Waals surface area (Å²) in [4.78, 5) is 2.52. The normalized spacial score (nSPS) is 36.4. The predicted molar refractivity (Wildman–Crippen MR) is 71.0 cm³/mol. The van der Waals surface area contributed by atoms with Gasteiger partial charge in [0.2, 0.25) is 0 Å². The van der Waals surface area contributed by atoms with Crippen molar-refractivity contribution < 1.29 is 4.74 Å². The molecule has 0 aromatic rings. The first-order valence-corrected chi connectivity index (χ1v) is 7.26. The molecule has 0 aromatic heterocycles. The number of nitrogens with zero attached hydrogens (tertiary/aromatic N) is 1. The quantitative estimate of drug-likeness (QED) is 0.817. The molecular weight excluding hydrogens is 212 g/mol. The fourth-order valence-electron chi connectivity index (χ4n) is 3.41. The largest absolute Gasteiger partial charge is 0.377 e. The molecule has 3 heteroatoms. The zero-order valence-corrected chi connectivity index (χ0v) is 11.4. The molecule has 1 aliphatic carbocycles. The maximum absolute atomic E-state index is 5.97. The minimum absolute atomic E-state index is 0.379. The maximum atomic E-state index is 5.97. The first kappa shape index (κ1) is 13.3. The number of hydrogen-bond acceptors (Lipinski definition) is 3. The lowest BCUT2D eigenvalue weighted by atomic mass is 9.86. The lowest BCUT2D eigenvalue weighted by Crippen LogP contribution is -2.51. The highest BCUT2D eigenvalue weighted by Crippen LogP contribution is 2.29. The van der Waals surface area contributed by atoms with Gasteiger partial charge in [0.25, 0.3) is 0 Å². The van der Waals surface area contributed by atoms with Crippen molar-refractivity contribution in [2.75, 3.05) is 20.2 Å². The number of rotatable bonds is 4. The third kappa shape index (κ3) is 3.21. The molecule has 1 aliphatic heterocycles. The zero-order chi connectivity index (χ0) is 12.3. The van der Waals surface area contributed by atoms with E-state index >= 15 is 0 Å². The van der Waals surface area contributed by atoms with Crippen molar-refractivity contribution in [2.45, 2.75) is 63.6 Å². The second-order valence-corrected chi connectivity index (χ2v) is 5.93. The molecule has 0 spiro atoms. The molecule has 0 bridgehead atoms. The summed E-state index contributed by atoms with van der Waals surface area (Å²) in [5.41, 5.74) is 5.97. The van der Waals surface area contributed by atoms with Crippen molar-refractivity contribution in [3.05, 3.63) is 0 Å². The van der Waals surface area contributed by atoms with E-state index in [9.17, 15) is 0 Å². The molecule has 3 nitrogen and oxygen atoms in total. The summed E-state index contributed by atoms with van der Waals surface area (Å²) >= 11 is 0. The molecule has 0 radical (unpaired) electrons. The summed E-state index contributed by atoms with van der Waals surface area (Å²) < 4.78 is 5.82. The molecule has 1 saturated carbocycles. The van der Waals surface area contributed by atoms with Gasteiger partial charge in [0.05, 0.1) is 6.10 Å². The first-order chi connectivity index (χ1) is 8.22. The topological polar surface area (TPSA) is 38.5 Å². The van der Waals surface area contributed by atoms with Gasteiger partial charge in [0.15, 0.2) is 0 Å². The van der Waals surface area contributed by atoms with E-state index in [2.05, 4.69) is 18.9 Å². The molecule has 100 valence electrons. The van der Waals surface area contributed by atoms with Gasteiger partial charge in [0, 0.05) is 25.2 Å². The highest BCUT2D eigenvalue weighted by molar-refractivity contribution is 4.87. The number of ether oxygens (including phenoxy) is 1. The van der Waals surface area contributed by atoms with Crippen LogP contribution in [0.2, 0.25) is 0 Å². The number of likely N-dealkylation sites (N-methyl/N-ethyl adjacent to an activating group) is 1. The van der Waals surface area contributed by atoms with E-state index in [-0.39, 0.29) is 0 Å².